The Morgan fingerprint density at radius 3 is 1.76 bits per heavy atom. The molecule has 0 saturated heterocycles. The van der Waals surface area contributed by atoms with Crippen LogP contribution >= 0.6 is 0 Å². The molecule has 0 spiro atoms. The number of rotatable bonds is 14. The van der Waals surface area contributed by atoms with E-state index in [1.54, 1.807) is 0 Å². The van der Waals surface area contributed by atoms with Gasteiger partial charge in [0.05, 0.1) is 0 Å². The highest BCUT2D eigenvalue weighted by Gasteiger charge is 2.22. The van der Waals surface area contributed by atoms with E-state index in [9.17, 15) is 4.79 Å². The van der Waals surface area contributed by atoms with Crippen LogP contribution in [0.2, 0.25) is 19.6 Å². The average Bonchev–Trinajstić information content (AvgIpc) is 2.42. The first-order chi connectivity index (χ1) is 9.98. The average molecular weight is 311 g/mol. The largest absolute Gasteiger partial charge is 0.305 e. The highest BCUT2D eigenvalue weighted by molar-refractivity contribution is 7.03. The van der Waals surface area contributed by atoms with E-state index in [1.807, 2.05) is 0 Å². The Bertz CT molecular complexity index is 276. The number of unbranched alkanes of at least 4 members (excludes halogenated alkanes) is 9. The fourth-order valence-electron chi connectivity index (χ4n) is 2.39. The molecule has 0 radical (unpaired) electrons. The summed E-state index contributed by atoms with van der Waals surface area (Å²) in [6.07, 6.45) is 19.8. The van der Waals surface area contributed by atoms with Gasteiger partial charge in [0.15, 0.2) is 0 Å². The SMILES string of the molecule is CCCCCCCCCC/C=C/CCCC(=O)[Si](C)(C)C. The first-order valence-electron chi connectivity index (χ1n) is 9.16. The van der Waals surface area contributed by atoms with Gasteiger partial charge in [0.2, 0.25) is 0 Å². The summed E-state index contributed by atoms with van der Waals surface area (Å²) in [7, 11) is -1.53. The number of carbonyl (C=O) groups excluding carboxylic acids is 1. The second-order valence-electron chi connectivity index (χ2n) is 7.30. The van der Waals surface area contributed by atoms with Gasteiger partial charge in [-0.1, -0.05) is 83.7 Å². The Morgan fingerprint density at radius 1 is 0.762 bits per heavy atom. The van der Waals surface area contributed by atoms with E-state index in [-0.39, 0.29) is 0 Å². The van der Waals surface area contributed by atoms with Gasteiger partial charge in [-0.3, -0.25) is 0 Å². The van der Waals surface area contributed by atoms with E-state index in [0.29, 0.717) is 5.41 Å². The molecule has 0 fully saturated rings. The van der Waals surface area contributed by atoms with Gasteiger partial charge in [-0.2, -0.15) is 0 Å². The van der Waals surface area contributed by atoms with Crippen molar-refractivity contribution in [2.75, 3.05) is 0 Å². The molecule has 0 atom stereocenters. The van der Waals surface area contributed by atoms with Gasteiger partial charge in [-0.05, 0) is 25.7 Å². The Labute approximate surface area is 134 Å². The maximum atomic E-state index is 11.8. The molecule has 0 N–H and O–H groups in total. The van der Waals surface area contributed by atoms with E-state index in [1.165, 1.54) is 57.8 Å². The van der Waals surface area contributed by atoms with Crippen molar-refractivity contribution in [3.63, 3.8) is 0 Å². The number of carbonyl (C=O) groups is 1. The quantitative estimate of drug-likeness (QED) is 0.198. The van der Waals surface area contributed by atoms with Crippen molar-refractivity contribution in [2.24, 2.45) is 0 Å². The van der Waals surface area contributed by atoms with Crippen molar-refractivity contribution in [2.45, 2.75) is 104 Å². The molecule has 0 aromatic heterocycles. The van der Waals surface area contributed by atoms with Gasteiger partial charge < -0.3 is 4.79 Å². The van der Waals surface area contributed by atoms with Crippen LogP contribution in [0, 0.1) is 0 Å². The van der Waals surface area contributed by atoms with Crippen molar-refractivity contribution in [3.8, 4) is 0 Å². The zero-order valence-electron chi connectivity index (χ0n) is 15.0. The molecule has 0 rings (SSSR count). The summed E-state index contributed by atoms with van der Waals surface area (Å²) >= 11 is 0. The first-order valence-corrected chi connectivity index (χ1v) is 12.7. The second kappa shape index (κ2) is 13.3. The predicted octanol–water partition coefficient (Wildman–Crippen LogP) is 6.69. The lowest BCUT2D eigenvalue weighted by atomic mass is 10.1. The minimum atomic E-state index is -1.53. The molecule has 0 aliphatic carbocycles. The van der Waals surface area contributed by atoms with Crippen LogP contribution in [0.15, 0.2) is 12.2 Å². The van der Waals surface area contributed by atoms with E-state index >= 15 is 0 Å². The van der Waals surface area contributed by atoms with Crippen LogP contribution in [0.3, 0.4) is 0 Å². The summed E-state index contributed by atoms with van der Waals surface area (Å²) in [5, 5.41) is 0.527. The molecule has 0 amide bonds. The van der Waals surface area contributed by atoms with Crippen molar-refractivity contribution < 1.29 is 4.79 Å². The summed E-state index contributed by atoms with van der Waals surface area (Å²) in [4.78, 5) is 11.8. The number of allylic oxidation sites excluding steroid dienone is 2. The normalized spacial score (nSPS) is 12.2. The zero-order valence-corrected chi connectivity index (χ0v) is 16.0. The van der Waals surface area contributed by atoms with Crippen molar-refractivity contribution in [3.05, 3.63) is 12.2 Å². The Morgan fingerprint density at radius 2 is 1.24 bits per heavy atom. The van der Waals surface area contributed by atoms with Crippen molar-refractivity contribution in [1.82, 2.24) is 0 Å². The Hall–Kier alpha value is -0.373. The molecular weight excluding hydrogens is 272 g/mol. The first kappa shape index (κ1) is 20.6. The van der Waals surface area contributed by atoms with Crippen molar-refractivity contribution >= 4 is 13.5 Å². The molecule has 0 unspecified atom stereocenters. The molecule has 0 aliphatic heterocycles. The molecule has 1 nitrogen and oxygen atoms in total. The van der Waals surface area contributed by atoms with Gasteiger partial charge in [0.25, 0.3) is 0 Å². The zero-order chi connectivity index (χ0) is 16.0. The lowest BCUT2D eigenvalue weighted by Crippen LogP contribution is -2.32. The number of hydrogen-bond acceptors (Lipinski definition) is 1. The van der Waals surface area contributed by atoms with E-state index < -0.39 is 8.07 Å². The molecule has 0 bridgehead atoms. The fraction of sp³-hybridized carbons (Fsp3) is 0.842. The van der Waals surface area contributed by atoms with Crippen LogP contribution in [0.25, 0.3) is 0 Å². The standard InChI is InChI=1S/C19H38OSi/c1-5-6-7-8-9-10-11-12-13-14-15-16-17-18-19(20)21(2,3)4/h14-15H,5-13,16-18H2,1-4H3/b15-14+. The Balaban J connectivity index is 3.28. The maximum absolute atomic E-state index is 11.8. The lowest BCUT2D eigenvalue weighted by Gasteiger charge is -2.12. The van der Waals surface area contributed by atoms with Crippen LogP contribution in [0.1, 0.15) is 84.0 Å². The molecule has 0 aromatic rings. The maximum Gasteiger partial charge on any atom is 0.123 e. The molecule has 124 valence electrons. The third kappa shape index (κ3) is 14.3. The van der Waals surface area contributed by atoms with Gasteiger partial charge in [0.1, 0.15) is 13.5 Å². The molecule has 0 saturated carbocycles. The van der Waals surface area contributed by atoms with Gasteiger partial charge in [0, 0.05) is 6.42 Å². The summed E-state index contributed by atoms with van der Waals surface area (Å²) in [6, 6.07) is 0. The third-order valence-corrected chi connectivity index (χ3v) is 5.93. The molecule has 0 heterocycles. The topological polar surface area (TPSA) is 17.1 Å². The smallest absolute Gasteiger partial charge is 0.123 e. The summed E-state index contributed by atoms with van der Waals surface area (Å²) in [5.41, 5.74) is 0. The summed E-state index contributed by atoms with van der Waals surface area (Å²) < 4.78 is 0. The molecule has 21 heavy (non-hydrogen) atoms. The van der Waals surface area contributed by atoms with E-state index in [0.717, 1.165) is 19.3 Å². The Kier molecular flexibility index (Phi) is 13.1. The van der Waals surface area contributed by atoms with Crippen molar-refractivity contribution in [1.29, 1.82) is 0 Å². The van der Waals surface area contributed by atoms with Gasteiger partial charge >= 0.3 is 0 Å². The summed E-state index contributed by atoms with van der Waals surface area (Å²) in [6.45, 7) is 8.71. The monoisotopic (exact) mass is 310 g/mol. The van der Waals surface area contributed by atoms with E-state index in [2.05, 4.69) is 38.7 Å². The highest BCUT2D eigenvalue weighted by Crippen LogP contribution is 2.11. The minimum absolute atomic E-state index is 0.527. The van der Waals surface area contributed by atoms with E-state index in [4.69, 9.17) is 0 Å². The number of hydrogen-bond donors (Lipinski definition) is 0. The lowest BCUT2D eigenvalue weighted by molar-refractivity contribution is -0.112. The van der Waals surface area contributed by atoms with Crippen LogP contribution in [-0.4, -0.2) is 13.5 Å². The molecule has 0 aromatic carbocycles. The van der Waals surface area contributed by atoms with Gasteiger partial charge in [-0.15, -0.1) is 0 Å². The van der Waals surface area contributed by atoms with Gasteiger partial charge in [-0.25, -0.2) is 0 Å². The fourth-order valence-corrected chi connectivity index (χ4v) is 3.31. The molecule has 2 heteroatoms. The molecular formula is C19H38OSi. The minimum Gasteiger partial charge on any atom is -0.305 e. The summed E-state index contributed by atoms with van der Waals surface area (Å²) in [5.74, 6) is 0. The van der Waals surface area contributed by atoms with Crippen LogP contribution < -0.4 is 0 Å². The van der Waals surface area contributed by atoms with Crippen LogP contribution in [0.4, 0.5) is 0 Å². The third-order valence-electron chi connectivity index (χ3n) is 4.00. The van der Waals surface area contributed by atoms with Crippen LogP contribution in [0.5, 0.6) is 0 Å². The van der Waals surface area contributed by atoms with Crippen LogP contribution in [-0.2, 0) is 4.79 Å². The molecule has 0 aliphatic rings. The second-order valence-corrected chi connectivity index (χ2v) is 12.4. The highest BCUT2D eigenvalue weighted by atomic mass is 28.3. The predicted molar refractivity (Wildman–Crippen MR) is 98.6 cm³/mol.